The predicted molar refractivity (Wildman–Crippen MR) is 235 cm³/mol. The molecule has 3 saturated heterocycles. The molecule has 18 nitrogen and oxygen atoms in total. The first-order valence-electron chi connectivity index (χ1n) is 21.5. The Kier molecular flexibility index (Phi) is 13.2. The Balaban J connectivity index is 0.000000181. The topological polar surface area (TPSA) is 199 Å². The number of aromatic nitrogens is 8. The van der Waals surface area contributed by atoms with Crippen LogP contribution in [0.15, 0.2) is 83.2 Å². The summed E-state index contributed by atoms with van der Waals surface area (Å²) in [7, 11) is 0. The van der Waals surface area contributed by atoms with Crippen LogP contribution in [0.1, 0.15) is 50.5 Å². The molecule has 3 aliphatic rings. The minimum atomic E-state index is -1.14. The number of nitrogens with zero attached hydrogens (tertiary/aromatic N) is 11. The van der Waals surface area contributed by atoms with Crippen molar-refractivity contribution in [2.24, 2.45) is 0 Å². The molecule has 64 heavy (non-hydrogen) atoms. The van der Waals surface area contributed by atoms with Crippen LogP contribution in [0.4, 0.5) is 14.0 Å². The number of piperidine rings is 2. The van der Waals surface area contributed by atoms with Crippen molar-refractivity contribution >= 4 is 45.1 Å². The molecule has 2 amide bonds. The maximum atomic E-state index is 13.3. The van der Waals surface area contributed by atoms with Crippen molar-refractivity contribution in [2.75, 3.05) is 52.4 Å². The van der Waals surface area contributed by atoms with Gasteiger partial charge in [0.05, 0.1) is 54.7 Å². The van der Waals surface area contributed by atoms with E-state index in [4.69, 9.17) is 16.3 Å². The van der Waals surface area contributed by atoms with Gasteiger partial charge in [-0.15, -0.1) is 0 Å². The molecule has 0 saturated carbocycles. The standard InChI is InChI=1S/C25H31FN6O4.C19H20ClN5O3/c26-19-4-6-20(7-5-19)32-22-21(16-28-32)23(33)31(18-27-22)17-25(35)8-13-30(14-9-25)24(34)36-15-3-12-29-10-1-2-11-29;1-13-2-4-14(5-3-13)25-16-15(10-22-25)17(26)24(12-21-16)11-19(28)6-8-23(9-7-19)18(20)27/h4-7,16,18,35H,1-3,8-15,17H2;2-5,10,12,28H,6-9,11H2,1H3. The number of benzene rings is 2. The molecule has 20 heteroatoms. The Hall–Kier alpha value is -6.02. The molecular formula is C44H51ClFN11O7. The normalized spacial score (nSPS) is 17.4. The quantitative estimate of drug-likeness (QED) is 0.113. The average Bonchev–Trinajstić information content (AvgIpc) is 4.07. The maximum absolute atomic E-state index is 13.3. The zero-order valence-electron chi connectivity index (χ0n) is 35.6. The molecule has 6 aromatic rings. The van der Waals surface area contributed by atoms with E-state index in [0.717, 1.165) is 37.3 Å². The number of aliphatic hydroxyl groups is 2. The Labute approximate surface area is 372 Å². The van der Waals surface area contributed by atoms with E-state index in [9.17, 15) is 33.8 Å². The van der Waals surface area contributed by atoms with Crippen molar-refractivity contribution in [1.29, 1.82) is 0 Å². The fourth-order valence-corrected chi connectivity index (χ4v) is 8.64. The van der Waals surface area contributed by atoms with Crippen molar-refractivity contribution in [1.82, 2.24) is 53.4 Å². The minimum Gasteiger partial charge on any atom is -0.449 e. The van der Waals surface area contributed by atoms with Crippen molar-refractivity contribution in [3.8, 4) is 11.4 Å². The highest BCUT2D eigenvalue weighted by molar-refractivity contribution is 6.62. The number of fused-ring (bicyclic) bond motifs is 2. The molecule has 0 bridgehead atoms. The number of halogens is 2. The highest BCUT2D eigenvalue weighted by atomic mass is 35.5. The van der Waals surface area contributed by atoms with Crippen LogP contribution in [0.25, 0.3) is 33.4 Å². The molecule has 3 fully saturated rings. The fraction of sp³-hybridized carbons (Fsp3) is 0.455. The van der Waals surface area contributed by atoms with Gasteiger partial charge in [0, 0.05) is 32.7 Å². The van der Waals surface area contributed by atoms with Gasteiger partial charge in [-0.3, -0.25) is 23.5 Å². The zero-order valence-corrected chi connectivity index (χ0v) is 36.3. The number of rotatable bonds is 10. The summed E-state index contributed by atoms with van der Waals surface area (Å²) in [6.07, 6.45) is 10.1. The Morgan fingerprint density at radius 3 is 1.67 bits per heavy atom. The third-order valence-corrected chi connectivity index (χ3v) is 12.6. The SMILES string of the molecule is Cc1ccc(-n2ncc3c(=O)n(CC4(O)CCN(C(=O)Cl)CC4)cnc32)cc1.O=C(OCCCN1CCCC1)N1CCC(O)(Cn2cnc3c(cnn3-c3ccc(F)cc3)c2=O)CC1. The molecule has 7 heterocycles. The fourth-order valence-electron chi connectivity index (χ4n) is 8.47. The lowest BCUT2D eigenvalue weighted by Crippen LogP contribution is -2.49. The van der Waals surface area contributed by atoms with Gasteiger partial charge in [-0.05, 0) is 113 Å². The van der Waals surface area contributed by atoms with E-state index < -0.39 is 16.6 Å². The van der Waals surface area contributed by atoms with Gasteiger partial charge in [-0.25, -0.2) is 28.5 Å². The van der Waals surface area contributed by atoms with E-state index in [1.165, 1.54) is 68.7 Å². The molecule has 0 aliphatic carbocycles. The second kappa shape index (κ2) is 19.0. The van der Waals surface area contributed by atoms with Crippen LogP contribution in [0.5, 0.6) is 0 Å². The van der Waals surface area contributed by atoms with Gasteiger partial charge in [0.1, 0.15) is 29.2 Å². The van der Waals surface area contributed by atoms with E-state index in [-0.39, 0.29) is 36.1 Å². The van der Waals surface area contributed by atoms with Crippen molar-refractivity contribution in [3.63, 3.8) is 0 Å². The Bertz CT molecular complexity index is 2720. The summed E-state index contributed by atoms with van der Waals surface area (Å²) < 4.78 is 24.6. The largest absolute Gasteiger partial charge is 0.449 e. The van der Waals surface area contributed by atoms with Gasteiger partial charge in [0.25, 0.3) is 11.1 Å². The number of likely N-dealkylation sites (tertiary alicyclic amines) is 3. The number of hydrogen-bond acceptors (Lipinski definition) is 12. The number of carbonyl (C=O) groups excluding carboxylic acids is 2. The average molecular weight is 900 g/mol. The highest BCUT2D eigenvalue weighted by Crippen LogP contribution is 2.26. The van der Waals surface area contributed by atoms with E-state index in [2.05, 4.69) is 25.1 Å². The Morgan fingerprint density at radius 1 is 0.719 bits per heavy atom. The third kappa shape index (κ3) is 10.0. The molecule has 0 atom stereocenters. The molecule has 338 valence electrons. The van der Waals surface area contributed by atoms with Crippen LogP contribution in [0, 0.1) is 12.7 Å². The smallest absolute Gasteiger partial charge is 0.409 e. The molecule has 4 aromatic heterocycles. The lowest BCUT2D eigenvalue weighted by molar-refractivity contribution is -0.0334. The first-order valence-corrected chi connectivity index (χ1v) is 21.9. The number of aryl methyl sites for hydroxylation is 1. The van der Waals surface area contributed by atoms with Crippen LogP contribution in [-0.2, 0) is 17.8 Å². The van der Waals surface area contributed by atoms with Crippen molar-refractivity contribution < 1.29 is 28.9 Å². The van der Waals surface area contributed by atoms with Crippen LogP contribution in [0.3, 0.4) is 0 Å². The molecular weight excluding hydrogens is 849 g/mol. The predicted octanol–water partition coefficient (Wildman–Crippen LogP) is 4.25. The third-order valence-electron chi connectivity index (χ3n) is 12.3. The lowest BCUT2D eigenvalue weighted by Gasteiger charge is -2.37. The first-order chi connectivity index (χ1) is 30.8. The zero-order chi connectivity index (χ0) is 45.0. The monoisotopic (exact) mass is 899 g/mol. The van der Waals surface area contributed by atoms with Gasteiger partial charge >= 0.3 is 11.5 Å². The summed E-state index contributed by atoms with van der Waals surface area (Å²) >= 11 is 5.49. The number of ether oxygens (including phenoxy) is 1. The van der Waals surface area contributed by atoms with Gasteiger partial charge in [-0.2, -0.15) is 10.2 Å². The number of carbonyl (C=O) groups is 2. The summed E-state index contributed by atoms with van der Waals surface area (Å²) in [5.74, 6) is -0.365. The van der Waals surface area contributed by atoms with E-state index in [1.807, 2.05) is 31.2 Å². The van der Waals surface area contributed by atoms with Crippen LogP contribution in [0.2, 0.25) is 0 Å². The summed E-state index contributed by atoms with van der Waals surface area (Å²) in [5, 5.41) is 30.7. The van der Waals surface area contributed by atoms with Crippen molar-refractivity contribution in [3.05, 3.63) is 106 Å². The molecule has 0 spiro atoms. The molecule has 0 unspecified atom stereocenters. The molecule has 9 rings (SSSR count). The van der Waals surface area contributed by atoms with Crippen LogP contribution in [-0.4, -0.2) is 139 Å². The molecule has 0 radical (unpaired) electrons. The van der Waals surface area contributed by atoms with E-state index >= 15 is 0 Å². The van der Waals surface area contributed by atoms with Gasteiger partial charge in [0.2, 0.25) is 0 Å². The summed E-state index contributed by atoms with van der Waals surface area (Å²) in [6, 6.07) is 13.5. The second-order valence-electron chi connectivity index (χ2n) is 16.9. The molecule has 2 aromatic carbocycles. The van der Waals surface area contributed by atoms with Crippen LogP contribution < -0.4 is 11.1 Å². The van der Waals surface area contributed by atoms with Gasteiger partial charge < -0.3 is 29.6 Å². The Morgan fingerprint density at radius 2 is 1.19 bits per heavy atom. The number of amides is 2. The van der Waals surface area contributed by atoms with Crippen LogP contribution >= 0.6 is 11.6 Å². The van der Waals surface area contributed by atoms with E-state index in [0.29, 0.717) is 86.2 Å². The minimum absolute atomic E-state index is 0.0647. The molecule has 2 N–H and O–H groups in total. The van der Waals surface area contributed by atoms with Crippen molar-refractivity contribution in [2.45, 2.75) is 76.2 Å². The summed E-state index contributed by atoms with van der Waals surface area (Å²) in [5.41, 5.74) is 0.567. The van der Waals surface area contributed by atoms with E-state index in [1.54, 1.807) is 21.7 Å². The van der Waals surface area contributed by atoms with Gasteiger partial charge in [0.15, 0.2) is 11.3 Å². The number of hydrogen-bond donors (Lipinski definition) is 2. The summed E-state index contributed by atoms with van der Waals surface area (Å²) in [6.45, 7) is 7.18. The lowest BCUT2D eigenvalue weighted by atomic mass is 9.91. The maximum Gasteiger partial charge on any atom is 0.409 e. The second-order valence-corrected chi connectivity index (χ2v) is 17.3. The highest BCUT2D eigenvalue weighted by Gasteiger charge is 2.36. The first kappa shape index (κ1) is 44.6. The van der Waals surface area contributed by atoms with Gasteiger partial charge in [-0.1, -0.05) is 17.7 Å². The summed E-state index contributed by atoms with van der Waals surface area (Å²) in [4.78, 5) is 63.9. The molecule has 3 aliphatic heterocycles.